The Labute approximate surface area is 124 Å². The van der Waals surface area contributed by atoms with Gasteiger partial charge in [0.2, 0.25) is 0 Å². The van der Waals surface area contributed by atoms with Crippen LogP contribution in [0.3, 0.4) is 0 Å². The van der Waals surface area contributed by atoms with E-state index in [1.165, 1.54) is 32.1 Å². The lowest BCUT2D eigenvalue weighted by Gasteiger charge is -2.31. The van der Waals surface area contributed by atoms with Gasteiger partial charge in [-0.2, -0.15) is 5.26 Å². The van der Waals surface area contributed by atoms with Crippen LogP contribution in [0.1, 0.15) is 51.0 Å². The van der Waals surface area contributed by atoms with Crippen molar-refractivity contribution in [1.29, 1.82) is 5.26 Å². The fraction of sp³-hybridized carbons (Fsp3) is 0.562. The number of nitriles is 1. The number of halogens is 1. The molecule has 0 amide bonds. The molecule has 0 heterocycles. The number of hydrogen-bond donors (Lipinski definition) is 1. The average molecular weight is 321 g/mol. The zero-order chi connectivity index (χ0) is 13.7. The second kappa shape index (κ2) is 6.96. The monoisotopic (exact) mass is 320 g/mol. The molecule has 1 saturated carbocycles. The molecular weight excluding hydrogens is 300 g/mol. The van der Waals surface area contributed by atoms with Crippen molar-refractivity contribution < 1.29 is 0 Å². The van der Waals surface area contributed by atoms with Gasteiger partial charge in [-0.1, -0.05) is 42.1 Å². The highest BCUT2D eigenvalue weighted by molar-refractivity contribution is 9.10. The molecule has 19 heavy (non-hydrogen) atoms. The van der Waals surface area contributed by atoms with E-state index in [1.54, 1.807) is 0 Å². The largest absolute Gasteiger partial charge is 0.382 e. The van der Waals surface area contributed by atoms with E-state index in [9.17, 15) is 0 Å². The summed E-state index contributed by atoms with van der Waals surface area (Å²) in [6.07, 6.45) is 7.94. The van der Waals surface area contributed by atoms with Gasteiger partial charge in [0.25, 0.3) is 0 Å². The zero-order valence-corrected chi connectivity index (χ0v) is 13.0. The van der Waals surface area contributed by atoms with Crippen molar-refractivity contribution >= 4 is 21.6 Å². The Kier molecular flexibility index (Phi) is 5.27. The maximum absolute atomic E-state index is 9.03. The highest BCUT2D eigenvalue weighted by Gasteiger charge is 2.22. The molecule has 0 aliphatic heterocycles. The lowest BCUT2D eigenvalue weighted by Crippen LogP contribution is -2.30. The van der Waals surface area contributed by atoms with E-state index in [4.69, 9.17) is 5.26 Å². The van der Waals surface area contributed by atoms with Gasteiger partial charge in [-0.15, -0.1) is 0 Å². The van der Waals surface area contributed by atoms with Gasteiger partial charge >= 0.3 is 0 Å². The minimum Gasteiger partial charge on any atom is -0.382 e. The van der Waals surface area contributed by atoms with E-state index in [0.29, 0.717) is 11.6 Å². The predicted molar refractivity (Wildman–Crippen MR) is 83.1 cm³/mol. The van der Waals surface area contributed by atoms with E-state index in [0.717, 1.165) is 22.5 Å². The Morgan fingerprint density at radius 1 is 1.32 bits per heavy atom. The smallest absolute Gasteiger partial charge is 0.0992 e. The van der Waals surface area contributed by atoms with Gasteiger partial charge in [0.1, 0.15) is 0 Å². The molecule has 0 bridgehead atoms. The van der Waals surface area contributed by atoms with Gasteiger partial charge in [0.05, 0.1) is 11.6 Å². The Hall–Kier alpha value is -1.01. The SMILES string of the molecule is CCC(Nc1cc(Br)cc(C#N)c1)C1CCCCC1. The number of rotatable bonds is 4. The first-order valence-corrected chi connectivity index (χ1v) is 7.99. The quantitative estimate of drug-likeness (QED) is 0.838. The Morgan fingerprint density at radius 2 is 2.05 bits per heavy atom. The minimum absolute atomic E-state index is 0.529. The van der Waals surface area contributed by atoms with Crippen LogP contribution in [0.5, 0.6) is 0 Å². The summed E-state index contributed by atoms with van der Waals surface area (Å²) in [5.74, 6) is 0.781. The van der Waals surface area contributed by atoms with Crippen molar-refractivity contribution in [2.45, 2.75) is 51.5 Å². The maximum atomic E-state index is 9.03. The first kappa shape index (κ1) is 14.4. The third kappa shape index (κ3) is 3.98. The third-order valence-electron chi connectivity index (χ3n) is 4.04. The summed E-state index contributed by atoms with van der Waals surface area (Å²) in [5, 5.41) is 12.7. The molecule has 1 fully saturated rings. The van der Waals surface area contributed by atoms with Gasteiger partial charge < -0.3 is 5.32 Å². The Morgan fingerprint density at radius 3 is 2.68 bits per heavy atom. The standard InChI is InChI=1S/C16H21BrN2/c1-2-16(13-6-4-3-5-7-13)19-15-9-12(11-18)8-14(17)10-15/h8-10,13,16,19H,2-7H2,1H3. The second-order valence-electron chi connectivity index (χ2n) is 5.40. The molecule has 1 aromatic rings. The predicted octanol–water partition coefficient (Wildman–Crippen LogP) is 5.09. The fourth-order valence-electron chi connectivity index (χ4n) is 3.04. The summed E-state index contributed by atoms with van der Waals surface area (Å²) in [4.78, 5) is 0. The molecule has 1 unspecified atom stereocenters. The maximum Gasteiger partial charge on any atom is 0.0992 e. The molecule has 2 nitrogen and oxygen atoms in total. The highest BCUT2D eigenvalue weighted by atomic mass is 79.9. The van der Waals surface area contributed by atoms with Crippen molar-refractivity contribution in [1.82, 2.24) is 0 Å². The van der Waals surface area contributed by atoms with Gasteiger partial charge in [-0.3, -0.25) is 0 Å². The second-order valence-corrected chi connectivity index (χ2v) is 6.31. The first-order valence-electron chi connectivity index (χ1n) is 7.20. The summed E-state index contributed by atoms with van der Waals surface area (Å²) in [6, 6.07) is 8.59. The van der Waals surface area contributed by atoms with Crippen molar-refractivity contribution in [2.75, 3.05) is 5.32 Å². The Balaban J connectivity index is 2.09. The normalized spacial score (nSPS) is 17.7. The zero-order valence-electron chi connectivity index (χ0n) is 11.5. The number of nitrogens with zero attached hydrogens (tertiary/aromatic N) is 1. The van der Waals surface area contributed by atoms with E-state index in [2.05, 4.69) is 40.3 Å². The summed E-state index contributed by atoms with van der Waals surface area (Å²) in [5.41, 5.74) is 1.76. The van der Waals surface area contributed by atoms with Gasteiger partial charge in [0.15, 0.2) is 0 Å². The molecule has 2 rings (SSSR count). The van der Waals surface area contributed by atoms with Crippen LogP contribution >= 0.6 is 15.9 Å². The molecule has 0 radical (unpaired) electrons. The molecule has 3 heteroatoms. The number of benzene rings is 1. The molecule has 1 aromatic carbocycles. The summed E-state index contributed by atoms with van der Waals surface area (Å²) >= 11 is 3.47. The molecule has 1 atom stereocenters. The van der Waals surface area contributed by atoms with Gasteiger partial charge in [0, 0.05) is 16.2 Å². The molecule has 1 N–H and O–H groups in total. The number of nitrogens with one attached hydrogen (secondary N) is 1. The molecule has 0 aromatic heterocycles. The molecular formula is C16H21BrN2. The topological polar surface area (TPSA) is 35.8 Å². The van der Waals surface area contributed by atoms with Crippen LogP contribution in [-0.2, 0) is 0 Å². The first-order chi connectivity index (χ1) is 9.22. The van der Waals surface area contributed by atoms with Crippen molar-refractivity contribution in [3.8, 4) is 6.07 Å². The van der Waals surface area contributed by atoms with Crippen LogP contribution < -0.4 is 5.32 Å². The van der Waals surface area contributed by atoms with E-state index >= 15 is 0 Å². The summed E-state index contributed by atoms with van der Waals surface area (Å²) in [6.45, 7) is 2.25. The fourth-order valence-corrected chi connectivity index (χ4v) is 3.53. The lowest BCUT2D eigenvalue weighted by atomic mass is 9.83. The number of anilines is 1. The number of hydrogen-bond acceptors (Lipinski definition) is 2. The van der Waals surface area contributed by atoms with Crippen LogP contribution in [0, 0.1) is 17.2 Å². The van der Waals surface area contributed by atoms with Gasteiger partial charge in [-0.05, 0) is 43.4 Å². The highest BCUT2D eigenvalue weighted by Crippen LogP contribution is 2.30. The van der Waals surface area contributed by atoms with Crippen LogP contribution in [0.25, 0.3) is 0 Å². The van der Waals surface area contributed by atoms with E-state index in [-0.39, 0.29) is 0 Å². The third-order valence-corrected chi connectivity index (χ3v) is 4.50. The van der Waals surface area contributed by atoms with Crippen LogP contribution in [0.2, 0.25) is 0 Å². The van der Waals surface area contributed by atoms with Crippen molar-refractivity contribution in [3.05, 3.63) is 28.2 Å². The van der Waals surface area contributed by atoms with Crippen LogP contribution in [-0.4, -0.2) is 6.04 Å². The average Bonchev–Trinajstić information content (AvgIpc) is 2.45. The van der Waals surface area contributed by atoms with E-state index in [1.807, 2.05) is 12.1 Å². The molecule has 0 saturated heterocycles. The summed E-state index contributed by atoms with van der Waals surface area (Å²) < 4.78 is 0.965. The summed E-state index contributed by atoms with van der Waals surface area (Å²) in [7, 11) is 0. The van der Waals surface area contributed by atoms with Crippen molar-refractivity contribution in [2.24, 2.45) is 5.92 Å². The van der Waals surface area contributed by atoms with E-state index < -0.39 is 0 Å². The Bertz CT molecular complexity index is 458. The lowest BCUT2D eigenvalue weighted by molar-refractivity contribution is 0.313. The minimum atomic E-state index is 0.529. The van der Waals surface area contributed by atoms with Crippen LogP contribution in [0.4, 0.5) is 5.69 Å². The van der Waals surface area contributed by atoms with Crippen molar-refractivity contribution in [3.63, 3.8) is 0 Å². The van der Waals surface area contributed by atoms with Crippen LogP contribution in [0.15, 0.2) is 22.7 Å². The molecule has 102 valence electrons. The molecule has 1 aliphatic rings. The van der Waals surface area contributed by atoms with Gasteiger partial charge in [-0.25, -0.2) is 0 Å². The molecule has 0 spiro atoms. The molecule has 1 aliphatic carbocycles.